The number of imidazole rings is 1. The van der Waals surface area contributed by atoms with Crippen LogP contribution in [0.15, 0.2) is 41.8 Å². The fourth-order valence-electron chi connectivity index (χ4n) is 1.67. The lowest BCUT2D eigenvalue weighted by Gasteiger charge is -2.10. The van der Waals surface area contributed by atoms with Crippen molar-refractivity contribution in [1.29, 1.82) is 0 Å². The van der Waals surface area contributed by atoms with Crippen LogP contribution in [0.4, 0.5) is 0 Å². The lowest BCUT2D eigenvalue weighted by molar-refractivity contribution is 0.294. The number of ether oxygens (including phenoxy) is 1. The normalized spacial score (nSPS) is 11.5. The zero-order valence-electron chi connectivity index (χ0n) is 10.6. The largest absolute Gasteiger partial charge is 0.492 e. The van der Waals surface area contributed by atoms with Gasteiger partial charge in [-0.1, -0.05) is 11.6 Å². The third-order valence-electron chi connectivity index (χ3n) is 2.59. The molecule has 2 rings (SSSR count). The molecule has 1 aromatic heterocycles. The molecule has 0 atom stereocenters. The Balaban J connectivity index is 1.99. The Kier molecular flexibility index (Phi) is 4.64. The van der Waals surface area contributed by atoms with Crippen LogP contribution in [-0.2, 0) is 16.6 Å². The number of hydrogen-bond donors (Lipinski definition) is 1. The van der Waals surface area contributed by atoms with Crippen molar-refractivity contribution < 1.29 is 13.2 Å². The maximum absolute atomic E-state index is 11.5. The van der Waals surface area contributed by atoms with Crippen LogP contribution in [0.3, 0.4) is 0 Å². The van der Waals surface area contributed by atoms with Crippen molar-refractivity contribution in [1.82, 2.24) is 9.55 Å². The molecule has 0 radical (unpaired) electrons. The first-order valence-corrected chi connectivity index (χ1v) is 7.80. The van der Waals surface area contributed by atoms with Gasteiger partial charge in [-0.3, -0.25) is 0 Å². The van der Waals surface area contributed by atoms with Gasteiger partial charge >= 0.3 is 0 Å². The summed E-state index contributed by atoms with van der Waals surface area (Å²) in [6.45, 7) is 1.10. The molecular formula is C12H14ClN3O3S. The summed E-state index contributed by atoms with van der Waals surface area (Å²) in [5, 5.41) is 5.42. The number of aryl methyl sites for hydroxylation is 1. The number of benzene rings is 1. The van der Waals surface area contributed by atoms with Crippen LogP contribution in [0.2, 0.25) is 5.02 Å². The van der Waals surface area contributed by atoms with Crippen LogP contribution in [0, 0.1) is 0 Å². The van der Waals surface area contributed by atoms with Gasteiger partial charge in [-0.15, -0.1) is 0 Å². The van der Waals surface area contributed by atoms with Gasteiger partial charge in [0, 0.05) is 24.0 Å². The van der Waals surface area contributed by atoms with Gasteiger partial charge in [0.2, 0.25) is 10.0 Å². The van der Waals surface area contributed by atoms with Crippen molar-refractivity contribution in [2.24, 2.45) is 5.14 Å². The molecule has 8 heteroatoms. The lowest BCUT2D eigenvalue weighted by atomic mass is 10.3. The second kappa shape index (κ2) is 6.25. The van der Waals surface area contributed by atoms with Crippen LogP contribution in [0.1, 0.15) is 6.42 Å². The Bertz CT molecular complexity index is 671. The Morgan fingerprint density at radius 1 is 1.40 bits per heavy atom. The molecule has 0 aliphatic heterocycles. The predicted octanol–water partition coefficient (Wildman–Crippen LogP) is 1.65. The van der Waals surface area contributed by atoms with E-state index in [4.69, 9.17) is 21.5 Å². The molecule has 0 aliphatic rings. The van der Waals surface area contributed by atoms with Gasteiger partial charge in [-0.2, -0.15) is 0 Å². The first-order valence-electron chi connectivity index (χ1n) is 5.88. The highest BCUT2D eigenvalue weighted by Crippen LogP contribution is 2.26. The van der Waals surface area contributed by atoms with Crippen LogP contribution in [0.5, 0.6) is 5.75 Å². The van der Waals surface area contributed by atoms with E-state index < -0.39 is 10.0 Å². The standard InChI is InChI=1S/C12H14ClN3O3S/c13-10-2-3-11(12(8-10)20(14,17)18)19-7-1-5-16-6-4-15-9-16/h2-4,6,8-9H,1,5,7H2,(H2,14,17,18). The van der Waals surface area contributed by atoms with Gasteiger partial charge in [-0.25, -0.2) is 18.5 Å². The minimum atomic E-state index is -3.86. The van der Waals surface area contributed by atoms with Crippen molar-refractivity contribution in [3.05, 3.63) is 41.9 Å². The van der Waals surface area contributed by atoms with E-state index in [-0.39, 0.29) is 10.6 Å². The van der Waals surface area contributed by atoms with Gasteiger partial charge in [0.25, 0.3) is 0 Å². The number of nitrogens with zero attached hydrogens (tertiary/aromatic N) is 2. The molecule has 0 spiro atoms. The third-order valence-corrected chi connectivity index (χ3v) is 3.76. The average Bonchev–Trinajstić information content (AvgIpc) is 2.88. The number of nitrogens with two attached hydrogens (primary N) is 1. The number of halogens is 1. The molecule has 6 nitrogen and oxygen atoms in total. The molecule has 0 amide bonds. The topological polar surface area (TPSA) is 87.2 Å². The summed E-state index contributed by atoms with van der Waals surface area (Å²) in [5.41, 5.74) is 0. The minimum Gasteiger partial charge on any atom is -0.492 e. The van der Waals surface area contributed by atoms with Gasteiger partial charge in [0.1, 0.15) is 10.6 Å². The monoisotopic (exact) mass is 315 g/mol. The summed E-state index contributed by atoms with van der Waals surface area (Å²) in [5.74, 6) is 0.211. The Labute approximate surface area is 122 Å². The second-order valence-corrected chi connectivity index (χ2v) is 6.10. The summed E-state index contributed by atoms with van der Waals surface area (Å²) in [4.78, 5) is 3.82. The zero-order valence-corrected chi connectivity index (χ0v) is 12.1. The molecule has 0 unspecified atom stereocenters. The maximum Gasteiger partial charge on any atom is 0.241 e. The first-order chi connectivity index (χ1) is 9.47. The van der Waals surface area contributed by atoms with Crippen molar-refractivity contribution in [3.63, 3.8) is 0 Å². The quantitative estimate of drug-likeness (QED) is 0.821. The van der Waals surface area contributed by atoms with E-state index in [9.17, 15) is 8.42 Å². The summed E-state index contributed by atoms with van der Waals surface area (Å²) in [7, 11) is -3.86. The fraction of sp³-hybridized carbons (Fsp3) is 0.250. The molecule has 2 aromatic rings. The zero-order chi connectivity index (χ0) is 14.6. The number of primary sulfonamides is 1. The molecule has 0 saturated carbocycles. The SMILES string of the molecule is NS(=O)(=O)c1cc(Cl)ccc1OCCCn1ccnc1. The number of hydrogen-bond acceptors (Lipinski definition) is 4. The summed E-state index contributed by atoms with van der Waals surface area (Å²) >= 11 is 5.77. The molecule has 1 heterocycles. The highest BCUT2D eigenvalue weighted by atomic mass is 35.5. The molecule has 20 heavy (non-hydrogen) atoms. The van der Waals surface area contributed by atoms with Crippen LogP contribution < -0.4 is 9.88 Å². The third kappa shape index (κ3) is 3.96. The number of aromatic nitrogens is 2. The van der Waals surface area contributed by atoms with Crippen molar-refractivity contribution in [2.75, 3.05) is 6.61 Å². The van der Waals surface area contributed by atoms with E-state index in [1.807, 2.05) is 10.8 Å². The molecule has 1 aromatic carbocycles. The Morgan fingerprint density at radius 3 is 2.85 bits per heavy atom. The van der Waals surface area contributed by atoms with Crippen LogP contribution >= 0.6 is 11.6 Å². The van der Waals surface area contributed by atoms with Crippen LogP contribution in [-0.4, -0.2) is 24.6 Å². The molecule has 0 bridgehead atoms. The van der Waals surface area contributed by atoms with Crippen molar-refractivity contribution in [2.45, 2.75) is 17.9 Å². The highest BCUT2D eigenvalue weighted by Gasteiger charge is 2.15. The van der Waals surface area contributed by atoms with Crippen molar-refractivity contribution in [3.8, 4) is 5.75 Å². The van der Waals surface area contributed by atoms with E-state index in [1.54, 1.807) is 18.6 Å². The van der Waals surface area contributed by atoms with Gasteiger partial charge < -0.3 is 9.30 Å². The predicted molar refractivity (Wildman–Crippen MR) is 75.2 cm³/mol. The Hall–Kier alpha value is -1.57. The second-order valence-electron chi connectivity index (χ2n) is 4.14. The molecule has 108 valence electrons. The summed E-state index contributed by atoms with van der Waals surface area (Å²) in [6, 6.07) is 4.34. The molecule has 2 N–H and O–H groups in total. The number of sulfonamides is 1. The Morgan fingerprint density at radius 2 is 2.20 bits per heavy atom. The van der Waals surface area contributed by atoms with E-state index in [1.165, 1.54) is 12.1 Å². The number of rotatable bonds is 6. The van der Waals surface area contributed by atoms with E-state index in [0.29, 0.717) is 18.1 Å². The van der Waals surface area contributed by atoms with Gasteiger partial charge in [0.05, 0.1) is 12.9 Å². The molecular weight excluding hydrogens is 302 g/mol. The fourth-order valence-corrected chi connectivity index (χ4v) is 2.61. The van der Waals surface area contributed by atoms with Gasteiger partial charge in [-0.05, 0) is 24.6 Å². The van der Waals surface area contributed by atoms with Crippen molar-refractivity contribution >= 4 is 21.6 Å². The minimum absolute atomic E-state index is 0.104. The lowest BCUT2D eigenvalue weighted by Crippen LogP contribution is -2.14. The van der Waals surface area contributed by atoms with E-state index in [0.717, 1.165) is 6.54 Å². The van der Waals surface area contributed by atoms with Gasteiger partial charge in [0.15, 0.2) is 0 Å². The average molecular weight is 316 g/mol. The first kappa shape index (κ1) is 14.8. The van der Waals surface area contributed by atoms with E-state index >= 15 is 0 Å². The molecule has 0 fully saturated rings. The summed E-state index contributed by atoms with van der Waals surface area (Å²) in [6.07, 6.45) is 5.96. The maximum atomic E-state index is 11.5. The molecule has 0 saturated heterocycles. The van der Waals surface area contributed by atoms with E-state index in [2.05, 4.69) is 4.98 Å². The molecule has 0 aliphatic carbocycles. The highest BCUT2D eigenvalue weighted by molar-refractivity contribution is 7.89. The summed E-state index contributed by atoms with van der Waals surface area (Å²) < 4.78 is 30.3. The van der Waals surface area contributed by atoms with Crippen LogP contribution in [0.25, 0.3) is 0 Å². The smallest absolute Gasteiger partial charge is 0.241 e.